The molecular weight excluding hydrogens is 256 g/mol. The molecule has 1 aromatic carbocycles. The minimum atomic E-state index is 0.657. The third-order valence-electron chi connectivity index (χ3n) is 3.55. The second-order valence-corrected chi connectivity index (χ2v) is 5.42. The van der Waals surface area contributed by atoms with E-state index in [-0.39, 0.29) is 0 Å². The summed E-state index contributed by atoms with van der Waals surface area (Å²) in [6, 6.07) is 6.56. The number of aliphatic imine (C=N–C) groups is 1. The second-order valence-electron chi connectivity index (χ2n) is 5.42. The van der Waals surface area contributed by atoms with Crippen molar-refractivity contribution in [2.75, 3.05) is 6.67 Å². The Morgan fingerprint density at radius 2 is 2.10 bits per heavy atom. The summed E-state index contributed by atoms with van der Waals surface area (Å²) in [6.45, 7) is 5.81. The average molecular weight is 280 g/mol. The predicted octanol–water partition coefficient (Wildman–Crippen LogP) is 4.25. The fraction of sp³-hybridized carbons (Fsp3) is 0.316. The first-order chi connectivity index (χ1) is 10.3. The molecule has 0 saturated heterocycles. The topological polar surface area (TPSA) is 24.4 Å². The minimum Gasteiger partial charge on any atom is -0.294 e. The highest BCUT2D eigenvalue weighted by molar-refractivity contribution is 5.79. The summed E-state index contributed by atoms with van der Waals surface area (Å²) in [4.78, 5) is 4.47. The van der Waals surface area contributed by atoms with Gasteiger partial charge in [-0.25, -0.2) is 0 Å². The van der Waals surface area contributed by atoms with Gasteiger partial charge in [0.1, 0.15) is 0 Å². The molecule has 0 aliphatic heterocycles. The number of allylic oxidation sites excluding steroid dienone is 6. The molecule has 1 aliphatic carbocycles. The zero-order valence-electron chi connectivity index (χ0n) is 13.0. The van der Waals surface area contributed by atoms with E-state index in [9.17, 15) is 0 Å². The highest BCUT2D eigenvalue weighted by Gasteiger charge is 1.97. The van der Waals surface area contributed by atoms with Crippen molar-refractivity contribution < 1.29 is 0 Å². The van der Waals surface area contributed by atoms with Crippen molar-refractivity contribution in [3.63, 3.8) is 0 Å². The summed E-state index contributed by atoms with van der Waals surface area (Å²) >= 11 is 0. The normalized spacial score (nSPS) is 20.6. The van der Waals surface area contributed by atoms with Gasteiger partial charge in [0.25, 0.3) is 0 Å². The van der Waals surface area contributed by atoms with E-state index in [0.717, 1.165) is 19.4 Å². The van der Waals surface area contributed by atoms with Crippen molar-refractivity contribution in [3.05, 3.63) is 70.8 Å². The Morgan fingerprint density at radius 1 is 1.19 bits per heavy atom. The first kappa shape index (κ1) is 15.5. The molecule has 2 heteroatoms. The van der Waals surface area contributed by atoms with E-state index in [1.54, 1.807) is 0 Å². The Labute approximate surface area is 128 Å². The monoisotopic (exact) mass is 280 g/mol. The fourth-order valence-electron chi connectivity index (χ4n) is 2.27. The molecule has 2 rings (SSSR count). The SMILES string of the molecule is Cc1ccc(C)c(CNC/N=C/C2=C/C=C\C=C/CC2)c1. The van der Waals surface area contributed by atoms with E-state index in [1.165, 1.54) is 22.3 Å². The van der Waals surface area contributed by atoms with Gasteiger partial charge in [0.15, 0.2) is 0 Å². The summed E-state index contributed by atoms with van der Waals surface area (Å²) in [5.41, 5.74) is 5.27. The molecule has 0 fully saturated rings. The molecule has 0 saturated carbocycles. The molecule has 0 amide bonds. The predicted molar refractivity (Wildman–Crippen MR) is 91.7 cm³/mol. The second kappa shape index (κ2) is 8.38. The van der Waals surface area contributed by atoms with Gasteiger partial charge in [-0.05, 0) is 43.4 Å². The van der Waals surface area contributed by atoms with Crippen molar-refractivity contribution in [2.45, 2.75) is 33.2 Å². The molecular formula is C19H24N2. The van der Waals surface area contributed by atoms with Gasteiger partial charge in [-0.2, -0.15) is 0 Å². The van der Waals surface area contributed by atoms with Gasteiger partial charge < -0.3 is 0 Å². The van der Waals surface area contributed by atoms with E-state index in [0.29, 0.717) is 6.67 Å². The van der Waals surface area contributed by atoms with Crippen LogP contribution in [0.2, 0.25) is 0 Å². The summed E-state index contributed by atoms with van der Waals surface area (Å²) in [7, 11) is 0. The molecule has 0 atom stereocenters. The molecule has 2 nitrogen and oxygen atoms in total. The lowest BCUT2D eigenvalue weighted by molar-refractivity contribution is 0.708. The first-order valence-corrected chi connectivity index (χ1v) is 7.55. The van der Waals surface area contributed by atoms with E-state index in [4.69, 9.17) is 0 Å². The Kier molecular flexibility index (Phi) is 6.17. The van der Waals surface area contributed by atoms with Gasteiger partial charge >= 0.3 is 0 Å². The minimum absolute atomic E-state index is 0.657. The lowest BCUT2D eigenvalue weighted by Gasteiger charge is -2.07. The first-order valence-electron chi connectivity index (χ1n) is 7.55. The van der Waals surface area contributed by atoms with Crippen molar-refractivity contribution in [1.82, 2.24) is 5.32 Å². The summed E-state index contributed by atoms with van der Waals surface area (Å²) in [6.07, 6.45) is 14.7. The van der Waals surface area contributed by atoms with Crippen LogP contribution < -0.4 is 5.32 Å². The Hall–Kier alpha value is -1.93. The quantitative estimate of drug-likeness (QED) is 0.632. The van der Waals surface area contributed by atoms with Crippen LogP contribution >= 0.6 is 0 Å². The lowest BCUT2D eigenvalue weighted by atomic mass is 10.1. The Bertz CT molecular complexity index is 577. The van der Waals surface area contributed by atoms with Crippen molar-refractivity contribution in [1.29, 1.82) is 0 Å². The van der Waals surface area contributed by atoms with Crippen LogP contribution in [0.25, 0.3) is 0 Å². The number of nitrogens with zero attached hydrogens (tertiary/aromatic N) is 1. The molecule has 1 aromatic rings. The number of nitrogens with one attached hydrogen (secondary N) is 1. The molecule has 0 unspecified atom stereocenters. The Balaban J connectivity index is 1.79. The number of benzene rings is 1. The molecule has 1 aliphatic rings. The molecule has 0 bridgehead atoms. The summed E-state index contributed by atoms with van der Waals surface area (Å²) in [5, 5.41) is 3.38. The highest BCUT2D eigenvalue weighted by atomic mass is 15.0. The summed E-state index contributed by atoms with van der Waals surface area (Å²) < 4.78 is 0. The zero-order valence-corrected chi connectivity index (χ0v) is 13.0. The average Bonchev–Trinajstić information content (AvgIpc) is 2.44. The van der Waals surface area contributed by atoms with Crippen LogP contribution in [0.4, 0.5) is 0 Å². The van der Waals surface area contributed by atoms with Crippen LogP contribution in [0.5, 0.6) is 0 Å². The standard InChI is InChI=1S/C19H24N2/c1-16-10-11-17(2)19(12-16)14-21-15-20-13-18-8-6-4-3-5-7-9-18/h3-6,8,10-13,21H,7,9,14-15H2,1-2H3/b5-3-,6-4-,18-8+,20-13+. The number of hydrogen-bond acceptors (Lipinski definition) is 2. The molecule has 21 heavy (non-hydrogen) atoms. The van der Waals surface area contributed by atoms with Gasteiger partial charge in [0.05, 0.1) is 6.67 Å². The number of rotatable bonds is 5. The van der Waals surface area contributed by atoms with Crippen molar-refractivity contribution in [2.24, 2.45) is 4.99 Å². The highest BCUT2D eigenvalue weighted by Crippen LogP contribution is 2.10. The maximum Gasteiger partial charge on any atom is 0.0887 e. The van der Waals surface area contributed by atoms with E-state index in [2.05, 4.69) is 72.7 Å². The lowest BCUT2D eigenvalue weighted by Crippen LogP contribution is -2.14. The molecule has 0 heterocycles. The zero-order chi connectivity index (χ0) is 14.9. The van der Waals surface area contributed by atoms with Crippen LogP contribution in [-0.2, 0) is 6.54 Å². The fourth-order valence-corrected chi connectivity index (χ4v) is 2.27. The van der Waals surface area contributed by atoms with Crippen LogP contribution in [0, 0.1) is 13.8 Å². The molecule has 1 N–H and O–H groups in total. The maximum absolute atomic E-state index is 4.47. The van der Waals surface area contributed by atoms with Crippen molar-refractivity contribution >= 4 is 6.21 Å². The third-order valence-corrected chi connectivity index (χ3v) is 3.55. The van der Waals surface area contributed by atoms with Crippen LogP contribution in [-0.4, -0.2) is 12.9 Å². The van der Waals surface area contributed by atoms with Gasteiger partial charge in [-0.3, -0.25) is 10.3 Å². The van der Waals surface area contributed by atoms with Crippen LogP contribution in [0.15, 0.2) is 59.1 Å². The third kappa shape index (κ3) is 5.52. The number of hydrogen-bond donors (Lipinski definition) is 1. The van der Waals surface area contributed by atoms with Gasteiger partial charge in [0.2, 0.25) is 0 Å². The molecule has 0 aromatic heterocycles. The molecule has 0 spiro atoms. The Morgan fingerprint density at radius 3 is 3.00 bits per heavy atom. The molecule has 110 valence electrons. The van der Waals surface area contributed by atoms with E-state index < -0.39 is 0 Å². The van der Waals surface area contributed by atoms with Gasteiger partial charge in [0, 0.05) is 12.8 Å². The number of aryl methyl sites for hydroxylation is 2. The van der Waals surface area contributed by atoms with Gasteiger partial charge in [-0.1, -0.05) is 54.1 Å². The van der Waals surface area contributed by atoms with Gasteiger partial charge in [-0.15, -0.1) is 0 Å². The van der Waals surface area contributed by atoms with E-state index in [1.807, 2.05) is 6.21 Å². The maximum atomic E-state index is 4.47. The smallest absolute Gasteiger partial charge is 0.0887 e. The van der Waals surface area contributed by atoms with Crippen LogP contribution in [0.3, 0.4) is 0 Å². The van der Waals surface area contributed by atoms with E-state index >= 15 is 0 Å². The largest absolute Gasteiger partial charge is 0.294 e. The van der Waals surface area contributed by atoms with Crippen molar-refractivity contribution in [3.8, 4) is 0 Å². The summed E-state index contributed by atoms with van der Waals surface area (Å²) in [5.74, 6) is 0. The van der Waals surface area contributed by atoms with Crippen LogP contribution in [0.1, 0.15) is 29.5 Å². The molecule has 0 radical (unpaired) electrons.